The van der Waals surface area contributed by atoms with Crippen molar-refractivity contribution in [3.05, 3.63) is 47.5 Å². The van der Waals surface area contributed by atoms with Crippen LogP contribution >= 0.6 is 0 Å². The fraction of sp³-hybridized carbons (Fsp3) is 0.455. The summed E-state index contributed by atoms with van der Waals surface area (Å²) in [7, 11) is 0. The van der Waals surface area contributed by atoms with Crippen LogP contribution in [-0.4, -0.2) is 31.6 Å². The summed E-state index contributed by atoms with van der Waals surface area (Å²) in [5, 5.41) is 10.4. The molecular formula is C22H26O6. The Bertz CT molecular complexity index is 821. The van der Waals surface area contributed by atoms with E-state index in [9.17, 15) is 5.11 Å². The highest BCUT2D eigenvalue weighted by molar-refractivity contribution is 5.45. The van der Waals surface area contributed by atoms with Crippen molar-refractivity contribution in [2.24, 2.45) is 11.8 Å². The minimum absolute atomic E-state index is 0.0295. The van der Waals surface area contributed by atoms with Crippen molar-refractivity contribution in [1.82, 2.24) is 0 Å². The van der Waals surface area contributed by atoms with Crippen LogP contribution in [-0.2, 0) is 17.6 Å². The summed E-state index contributed by atoms with van der Waals surface area (Å²) in [4.78, 5) is 0. The fourth-order valence-electron chi connectivity index (χ4n) is 3.50. The van der Waals surface area contributed by atoms with Gasteiger partial charge in [0.2, 0.25) is 13.6 Å². The lowest BCUT2D eigenvalue weighted by molar-refractivity contribution is -0.137. The lowest BCUT2D eigenvalue weighted by Gasteiger charge is -2.21. The first-order valence-electron chi connectivity index (χ1n) is 9.65. The Kier molecular flexibility index (Phi) is 5.59. The first-order chi connectivity index (χ1) is 13.6. The normalized spacial score (nSPS) is 17.4. The SMILES string of the molecule is CC(COC(O)C(C)Cc1ccc2c(c1)OCO2)Cc1ccc2c(c1)OCO2. The predicted octanol–water partition coefficient (Wildman–Crippen LogP) is 3.54. The molecule has 0 bridgehead atoms. The molecule has 0 spiro atoms. The first-order valence-corrected chi connectivity index (χ1v) is 9.65. The molecule has 0 aliphatic carbocycles. The number of aliphatic hydroxyl groups excluding tert-OH is 1. The molecule has 2 aliphatic rings. The molecule has 1 N–H and O–H groups in total. The molecule has 3 unspecified atom stereocenters. The summed E-state index contributed by atoms with van der Waals surface area (Å²) in [5.41, 5.74) is 2.26. The zero-order valence-electron chi connectivity index (χ0n) is 16.2. The highest BCUT2D eigenvalue weighted by atomic mass is 16.7. The molecule has 0 aromatic heterocycles. The van der Waals surface area contributed by atoms with Gasteiger partial charge in [0.15, 0.2) is 29.3 Å². The van der Waals surface area contributed by atoms with Crippen molar-refractivity contribution in [3.63, 3.8) is 0 Å². The lowest BCUT2D eigenvalue weighted by atomic mass is 9.99. The second-order valence-corrected chi connectivity index (χ2v) is 7.59. The van der Waals surface area contributed by atoms with Crippen LogP contribution in [0.4, 0.5) is 0 Å². The molecule has 2 heterocycles. The van der Waals surface area contributed by atoms with Crippen molar-refractivity contribution >= 4 is 0 Å². The van der Waals surface area contributed by atoms with Gasteiger partial charge in [0, 0.05) is 5.92 Å². The first kappa shape index (κ1) is 18.9. The zero-order valence-corrected chi connectivity index (χ0v) is 16.2. The zero-order chi connectivity index (χ0) is 19.5. The summed E-state index contributed by atoms with van der Waals surface area (Å²) in [6.45, 7) is 5.13. The Morgan fingerprint density at radius 3 is 1.96 bits per heavy atom. The van der Waals surface area contributed by atoms with Gasteiger partial charge in [-0.25, -0.2) is 0 Å². The molecule has 6 heteroatoms. The van der Waals surface area contributed by atoms with Gasteiger partial charge in [-0.1, -0.05) is 26.0 Å². The average Bonchev–Trinajstić information content (AvgIpc) is 3.34. The van der Waals surface area contributed by atoms with Crippen LogP contribution in [0.3, 0.4) is 0 Å². The predicted molar refractivity (Wildman–Crippen MR) is 103 cm³/mol. The molecule has 3 atom stereocenters. The van der Waals surface area contributed by atoms with Crippen LogP contribution in [0.25, 0.3) is 0 Å². The van der Waals surface area contributed by atoms with E-state index in [1.807, 2.05) is 43.3 Å². The standard InChI is InChI=1S/C22H26O6/c1-14(7-16-3-5-18-20(9-16)27-12-25-18)11-24-22(23)15(2)8-17-4-6-19-21(10-17)28-13-26-19/h3-6,9-10,14-15,22-23H,7-8,11-13H2,1-2H3. The number of hydrogen-bond acceptors (Lipinski definition) is 6. The van der Waals surface area contributed by atoms with Gasteiger partial charge in [-0.3, -0.25) is 0 Å². The van der Waals surface area contributed by atoms with E-state index >= 15 is 0 Å². The second-order valence-electron chi connectivity index (χ2n) is 7.59. The van der Waals surface area contributed by atoms with Crippen molar-refractivity contribution < 1.29 is 28.8 Å². The van der Waals surface area contributed by atoms with Gasteiger partial charge < -0.3 is 28.8 Å². The Labute approximate surface area is 164 Å². The van der Waals surface area contributed by atoms with Crippen molar-refractivity contribution in [3.8, 4) is 23.0 Å². The fourth-order valence-corrected chi connectivity index (χ4v) is 3.50. The Morgan fingerprint density at radius 1 is 0.821 bits per heavy atom. The Hall–Kier alpha value is -2.44. The molecule has 6 nitrogen and oxygen atoms in total. The molecule has 2 aromatic carbocycles. The van der Waals surface area contributed by atoms with Crippen LogP contribution in [0, 0.1) is 11.8 Å². The van der Waals surface area contributed by atoms with Gasteiger partial charge >= 0.3 is 0 Å². The maximum absolute atomic E-state index is 10.4. The van der Waals surface area contributed by atoms with Gasteiger partial charge in [-0.15, -0.1) is 0 Å². The van der Waals surface area contributed by atoms with Gasteiger partial charge in [-0.05, 0) is 54.2 Å². The molecular weight excluding hydrogens is 360 g/mol. The number of rotatable bonds is 8. The Morgan fingerprint density at radius 2 is 1.36 bits per heavy atom. The number of aliphatic hydroxyl groups is 1. The van der Waals surface area contributed by atoms with E-state index in [0.29, 0.717) is 13.0 Å². The quantitative estimate of drug-likeness (QED) is 0.700. The van der Waals surface area contributed by atoms with Crippen LogP contribution in [0.15, 0.2) is 36.4 Å². The molecule has 0 amide bonds. The summed E-state index contributed by atoms with van der Waals surface area (Å²) < 4.78 is 27.3. The van der Waals surface area contributed by atoms with E-state index in [-0.39, 0.29) is 25.4 Å². The third kappa shape index (κ3) is 4.34. The molecule has 0 radical (unpaired) electrons. The maximum atomic E-state index is 10.4. The van der Waals surface area contributed by atoms with E-state index in [1.54, 1.807) is 0 Å². The maximum Gasteiger partial charge on any atom is 0.231 e. The van der Waals surface area contributed by atoms with E-state index < -0.39 is 6.29 Å². The van der Waals surface area contributed by atoms with E-state index in [4.69, 9.17) is 23.7 Å². The minimum Gasteiger partial charge on any atom is -0.454 e. The number of hydrogen-bond donors (Lipinski definition) is 1. The molecule has 150 valence electrons. The summed E-state index contributed by atoms with van der Waals surface area (Å²) in [6.07, 6.45) is 0.735. The summed E-state index contributed by atoms with van der Waals surface area (Å²) >= 11 is 0. The van der Waals surface area contributed by atoms with Crippen molar-refractivity contribution in [1.29, 1.82) is 0 Å². The topological polar surface area (TPSA) is 66.4 Å². The molecule has 0 saturated carbocycles. The second kappa shape index (κ2) is 8.29. The molecule has 2 aromatic rings. The van der Waals surface area contributed by atoms with E-state index in [0.717, 1.165) is 35.0 Å². The molecule has 2 aliphatic heterocycles. The summed E-state index contributed by atoms with van der Waals surface area (Å²) in [5.74, 6) is 3.36. The molecule has 0 saturated heterocycles. The van der Waals surface area contributed by atoms with Gasteiger partial charge in [0.05, 0.1) is 6.61 Å². The molecule has 28 heavy (non-hydrogen) atoms. The average molecular weight is 386 g/mol. The highest BCUT2D eigenvalue weighted by Gasteiger charge is 2.20. The van der Waals surface area contributed by atoms with Gasteiger partial charge in [-0.2, -0.15) is 0 Å². The summed E-state index contributed by atoms with van der Waals surface area (Å²) in [6, 6.07) is 11.9. The Balaban J connectivity index is 1.24. The third-order valence-corrected chi connectivity index (χ3v) is 5.05. The van der Waals surface area contributed by atoms with Gasteiger partial charge in [0.1, 0.15) is 0 Å². The lowest BCUT2D eigenvalue weighted by Crippen LogP contribution is -2.25. The van der Waals surface area contributed by atoms with E-state index in [1.165, 1.54) is 5.56 Å². The van der Waals surface area contributed by atoms with Crippen LogP contribution < -0.4 is 18.9 Å². The molecule has 4 rings (SSSR count). The minimum atomic E-state index is -0.815. The van der Waals surface area contributed by atoms with Crippen LogP contribution in [0.5, 0.6) is 23.0 Å². The number of fused-ring (bicyclic) bond motifs is 2. The van der Waals surface area contributed by atoms with Gasteiger partial charge in [0.25, 0.3) is 0 Å². The third-order valence-electron chi connectivity index (χ3n) is 5.05. The largest absolute Gasteiger partial charge is 0.454 e. The van der Waals surface area contributed by atoms with Crippen molar-refractivity contribution in [2.75, 3.05) is 20.2 Å². The number of benzene rings is 2. The van der Waals surface area contributed by atoms with Crippen LogP contribution in [0.2, 0.25) is 0 Å². The number of ether oxygens (including phenoxy) is 5. The monoisotopic (exact) mass is 386 g/mol. The van der Waals surface area contributed by atoms with Crippen molar-refractivity contribution in [2.45, 2.75) is 33.0 Å². The molecule has 0 fully saturated rings. The smallest absolute Gasteiger partial charge is 0.231 e. The van der Waals surface area contributed by atoms with E-state index in [2.05, 4.69) is 6.92 Å². The van der Waals surface area contributed by atoms with Crippen LogP contribution in [0.1, 0.15) is 25.0 Å². The highest BCUT2D eigenvalue weighted by Crippen LogP contribution is 2.34.